The predicted octanol–water partition coefficient (Wildman–Crippen LogP) is 3.18. The van der Waals surface area contributed by atoms with Gasteiger partial charge in [-0.3, -0.25) is 0 Å². The van der Waals surface area contributed by atoms with Crippen LogP contribution < -0.4 is 0 Å². The first-order chi connectivity index (χ1) is 10.0. The first-order valence-electron chi connectivity index (χ1n) is 6.21. The van der Waals surface area contributed by atoms with Gasteiger partial charge in [-0.1, -0.05) is 0 Å². The Morgan fingerprint density at radius 2 is 2.24 bits per heavy atom. The number of aromatic nitrogens is 2. The highest BCUT2D eigenvalue weighted by Crippen LogP contribution is 2.32. The van der Waals surface area contributed by atoms with Crippen LogP contribution in [0.3, 0.4) is 0 Å². The number of nitrogens with zero attached hydrogens (tertiary/aromatic N) is 3. The third kappa shape index (κ3) is 2.08. The van der Waals surface area contributed by atoms with Gasteiger partial charge >= 0.3 is 5.97 Å². The van der Waals surface area contributed by atoms with Gasteiger partial charge in [0, 0.05) is 24.2 Å². The lowest BCUT2D eigenvalue weighted by Crippen LogP contribution is -1.94. The van der Waals surface area contributed by atoms with E-state index in [2.05, 4.69) is 11.1 Å². The monoisotopic (exact) mass is 297 g/mol. The van der Waals surface area contributed by atoms with Gasteiger partial charge in [-0.15, -0.1) is 11.3 Å². The Labute approximate surface area is 124 Å². The second kappa shape index (κ2) is 4.72. The van der Waals surface area contributed by atoms with Gasteiger partial charge in [-0.25, -0.2) is 9.78 Å². The minimum Gasteiger partial charge on any atom is -0.477 e. The lowest BCUT2D eigenvalue weighted by Gasteiger charge is -2.02. The molecule has 0 unspecified atom stereocenters. The van der Waals surface area contributed by atoms with Crippen LogP contribution in [0.25, 0.3) is 21.5 Å². The van der Waals surface area contributed by atoms with E-state index in [0.29, 0.717) is 16.3 Å². The molecule has 2 heterocycles. The molecule has 0 fully saturated rings. The second-order valence-electron chi connectivity index (χ2n) is 4.74. The molecule has 2 aromatic heterocycles. The zero-order chi connectivity index (χ0) is 15.1. The number of carboxylic acid groups (broad SMARTS) is 1. The first-order valence-corrected chi connectivity index (χ1v) is 7.03. The molecule has 0 aliphatic rings. The fourth-order valence-electron chi connectivity index (χ4n) is 2.37. The number of nitriles is 1. The summed E-state index contributed by atoms with van der Waals surface area (Å²) in [5.74, 6) is -0.974. The molecule has 0 amide bonds. The molecule has 0 atom stereocenters. The zero-order valence-corrected chi connectivity index (χ0v) is 12.2. The molecule has 3 aromatic rings. The molecule has 6 heteroatoms. The smallest absolute Gasteiger partial charge is 0.347 e. The lowest BCUT2D eigenvalue weighted by molar-refractivity contribution is 0.0701. The molecular weight excluding hydrogens is 286 g/mol. The Kier molecular flexibility index (Phi) is 3.00. The van der Waals surface area contributed by atoms with E-state index in [9.17, 15) is 10.1 Å². The van der Waals surface area contributed by atoms with E-state index in [1.54, 1.807) is 13.0 Å². The maximum atomic E-state index is 11.1. The Hall–Kier alpha value is -2.65. The van der Waals surface area contributed by atoms with Crippen LogP contribution in [0.15, 0.2) is 24.4 Å². The molecule has 5 nitrogen and oxygen atoms in total. The van der Waals surface area contributed by atoms with E-state index in [4.69, 9.17) is 5.11 Å². The molecule has 0 aliphatic heterocycles. The first kappa shape index (κ1) is 13.3. The minimum absolute atomic E-state index is 0.233. The van der Waals surface area contributed by atoms with Crippen molar-refractivity contribution in [3.8, 4) is 16.6 Å². The molecule has 0 radical (unpaired) electrons. The van der Waals surface area contributed by atoms with Crippen LogP contribution in [0.5, 0.6) is 0 Å². The Morgan fingerprint density at radius 3 is 2.86 bits per heavy atom. The highest BCUT2D eigenvalue weighted by atomic mass is 32.1. The van der Waals surface area contributed by atoms with Crippen molar-refractivity contribution in [3.63, 3.8) is 0 Å². The van der Waals surface area contributed by atoms with E-state index >= 15 is 0 Å². The topological polar surface area (TPSA) is 78.9 Å². The number of aryl methyl sites for hydroxylation is 2. The number of hydrogen-bond donors (Lipinski definition) is 1. The van der Waals surface area contributed by atoms with Crippen molar-refractivity contribution in [2.45, 2.75) is 6.92 Å². The van der Waals surface area contributed by atoms with Gasteiger partial charge in [0.25, 0.3) is 0 Å². The third-order valence-corrected chi connectivity index (χ3v) is 4.52. The average Bonchev–Trinajstić information content (AvgIpc) is 3.02. The number of benzene rings is 1. The molecule has 21 heavy (non-hydrogen) atoms. The van der Waals surface area contributed by atoms with Gasteiger partial charge in [0.15, 0.2) is 0 Å². The Bertz CT molecular complexity index is 915. The van der Waals surface area contributed by atoms with Crippen molar-refractivity contribution < 1.29 is 9.90 Å². The summed E-state index contributed by atoms with van der Waals surface area (Å²) in [4.78, 5) is 15.7. The van der Waals surface area contributed by atoms with Gasteiger partial charge in [0.2, 0.25) is 0 Å². The SMILES string of the molecule is Cc1nc(-c2cc(C#N)c3c(ccn3C)c2)sc1C(=O)O. The highest BCUT2D eigenvalue weighted by molar-refractivity contribution is 7.17. The minimum atomic E-state index is -0.974. The number of hydrogen-bond acceptors (Lipinski definition) is 4. The fourth-order valence-corrected chi connectivity index (χ4v) is 3.26. The number of carboxylic acids is 1. The van der Waals surface area contributed by atoms with Crippen molar-refractivity contribution >= 4 is 28.2 Å². The summed E-state index contributed by atoms with van der Waals surface area (Å²) in [5.41, 5.74) is 2.69. The third-order valence-electron chi connectivity index (χ3n) is 3.33. The molecule has 0 aliphatic carbocycles. The second-order valence-corrected chi connectivity index (χ2v) is 5.74. The molecule has 1 N–H and O–H groups in total. The van der Waals surface area contributed by atoms with E-state index in [0.717, 1.165) is 27.8 Å². The maximum Gasteiger partial charge on any atom is 0.347 e. The van der Waals surface area contributed by atoms with Crippen LogP contribution in [-0.4, -0.2) is 20.6 Å². The summed E-state index contributed by atoms with van der Waals surface area (Å²) in [5, 5.41) is 20.0. The summed E-state index contributed by atoms with van der Waals surface area (Å²) in [7, 11) is 1.89. The average molecular weight is 297 g/mol. The lowest BCUT2D eigenvalue weighted by atomic mass is 10.1. The quantitative estimate of drug-likeness (QED) is 0.788. The molecule has 1 aromatic carbocycles. The van der Waals surface area contributed by atoms with Crippen LogP contribution in [-0.2, 0) is 7.05 Å². The van der Waals surface area contributed by atoms with Crippen LogP contribution in [0.2, 0.25) is 0 Å². The van der Waals surface area contributed by atoms with Gasteiger partial charge in [-0.05, 0) is 25.1 Å². The van der Waals surface area contributed by atoms with Gasteiger partial charge in [0.05, 0.1) is 16.8 Å². The summed E-state index contributed by atoms with van der Waals surface area (Å²) >= 11 is 1.13. The van der Waals surface area contributed by atoms with Crippen LogP contribution >= 0.6 is 11.3 Å². The molecule has 0 spiro atoms. The zero-order valence-electron chi connectivity index (χ0n) is 11.4. The standard InChI is InChI=1S/C15H11N3O2S/c1-8-13(15(19)20)21-14(17-8)10-5-9-3-4-18(2)12(9)11(6-10)7-16/h3-6H,1-2H3,(H,19,20). The number of carbonyl (C=O) groups is 1. The van der Waals surface area contributed by atoms with E-state index in [1.807, 2.05) is 29.9 Å². The number of aromatic carboxylic acids is 1. The summed E-state index contributed by atoms with van der Waals surface area (Å²) < 4.78 is 1.90. The van der Waals surface area contributed by atoms with Gasteiger partial charge in [-0.2, -0.15) is 5.26 Å². The molecule has 0 saturated carbocycles. The largest absolute Gasteiger partial charge is 0.477 e. The van der Waals surface area contributed by atoms with Crippen LogP contribution in [0, 0.1) is 18.3 Å². The number of rotatable bonds is 2. The fraction of sp³-hybridized carbons (Fsp3) is 0.133. The summed E-state index contributed by atoms with van der Waals surface area (Å²) in [6.07, 6.45) is 1.89. The van der Waals surface area contributed by atoms with Crippen LogP contribution in [0.4, 0.5) is 0 Å². The predicted molar refractivity (Wildman–Crippen MR) is 80.4 cm³/mol. The van der Waals surface area contributed by atoms with Crippen molar-refractivity contribution in [2.75, 3.05) is 0 Å². The number of fused-ring (bicyclic) bond motifs is 1. The van der Waals surface area contributed by atoms with E-state index in [1.165, 1.54) is 0 Å². The normalized spacial score (nSPS) is 10.7. The molecule has 0 saturated heterocycles. The Morgan fingerprint density at radius 1 is 1.48 bits per heavy atom. The van der Waals surface area contributed by atoms with Gasteiger partial charge < -0.3 is 9.67 Å². The molecule has 3 rings (SSSR count). The molecular formula is C15H11N3O2S. The molecule has 104 valence electrons. The van der Waals surface area contributed by atoms with Gasteiger partial charge in [0.1, 0.15) is 16.0 Å². The van der Waals surface area contributed by atoms with E-state index < -0.39 is 5.97 Å². The van der Waals surface area contributed by atoms with Crippen molar-refractivity contribution in [3.05, 3.63) is 40.5 Å². The van der Waals surface area contributed by atoms with Crippen molar-refractivity contribution in [1.82, 2.24) is 9.55 Å². The van der Waals surface area contributed by atoms with Crippen molar-refractivity contribution in [2.24, 2.45) is 7.05 Å². The summed E-state index contributed by atoms with van der Waals surface area (Å²) in [6, 6.07) is 7.81. The Balaban J connectivity index is 2.24. The highest BCUT2D eigenvalue weighted by Gasteiger charge is 2.16. The van der Waals surface area contributed by atoms with Crippen molar-refractivity contribution in [1.29, 1.82) is 5.26 Å². The number of thiazole rings is 1. The molecule has 0 bridgehead atoms. The maximum absolute atomic E-state index is 11.1. The van der Waals surface area contributed by atoms with E-state index in [-0.39, 0.29) is 4.88 Å². The summed E-state index contributed by atoms with van der Waals surface area (Å²) in [6.45, 7) is 1.68. The van der Waals surface area contributed by atoms with Crippen LogP contribution in [0.1, 0.15) is 20.9 Å².